The van der Waals surface area contributed by atoms with Gasteiger partial charge in [0.1, 0.15) is 6.42 Å². The molecule has 0 aromatic carbocycles. The molecule has 2 rings (SSSR count). The maximum absolute atomic E-state index is 11.0. The fourth-order valence-electron chi connectivity index (χ4n) is 2.40. The molecule has 0 atom stereocenters. The van der Waals surface area contributed by atoms with Gasteiger partial charge >= 0.3 is 0 Å². The molecule has 1 aromatic heterocycles. The summed E-state index contributed by atoms with van der Waals surface area (Å²) in [4.78, 5) is 11.0. The molecule has 5 nitrogen and oxygen atoms in total. The summed E-state index contributed by atoms with van der Waals surface area (Å²) < 4.78 is 2.23. The molecule has 1 aliphatic rings. The number of amides is 1. The van der Waals surface area contributed by atoms with E-state index in [1.54, 1.807) is 12.3 Å². The number of nitrogens with one attached hydrogen (secondary N) is 1. The van der Waals surface area contributed by atoms with Crippen molar-refractivity contribution in [3.8, 4) is 6.07 Å². The van der Waals surface area contributed by atoms with Gasteiger partial charge in [0, 0.05) is 24.0 Å². The highest BCUT2D eigenvalue weighted by molar-refractivity contribution is 5.82. The Morgan fingerprint density at radius 2 is 2.32 bits per heavy atom. The van der Waals surface area contributed by atoms with Crippen LogP contribution in [0.3, 0.4) is 0 Å². The van der Waals surface area contributed by atoms with Gasteiger partial charge in [-0.25, -0.2) is 5.43 Å². The van der Waals surface area contributed by atoms with Crippen LogP contribution < -0.4 is 5.43 Å². The average molecular weight is 258 g/mol. The average Bonchev–Trinajstić information content (AvgIpc) is 2.89. The van der Waals surface area contributed by atoms with Gasteiger partial charge < -0.3 is 4.57 Å². The molecule has 0 bridgehead atoms. The van der Waals surface area contributed by atoms with Crippen LogP contribution in [0.5, 0.6) is 0 Å². The molecule has 1 amide bonds. The number of nitrogens with zero attached hydrogens (tertiary/aromatic N) is 3. The van der Waals surface area contributed by atoms with Crippen molar-refractivity contribution in [2.45, 2.75) is 44.6 Å². The van der Waals surface area contributed by atoms with Gasteiger partial charge in [-0.3, -0.25) is 4.79 Å². The molecule has 1 aliphatic carbocycles. The minimum atomic E-state index is -0.384. The first-order valence-electron chi connectivity index (χ1n) is 6.66. The van der Waals surface area contributed by atoms with Crippen molar-refractivity contribution in [3.05, 3.63) is 24.0 Å². The van der Waals surface area contributed by atoms with E-state index in [0.717, 1.165) is 5.56 Å². The minimum absolute atomic E-state index is 0.166. The molecule has 5 heteroatoms. The van der Waals surface area contributed by atoms with Gasteiger partial charge in [0.25, 0.3) is 5.91 Å². The predicted molar refractivity (Wildman–Crippen MR) is 72.5 cm³/mol. The molecule has 1 N–H and O–H groups in total. The van der Waals surface area contributed by atoms with Gasteiger partial charge in [-0.2, -0.15) is 10.4 Å². The quantitative estimate of drug-likeness (QED) is 0.665. The van der Waals surface area contributed by atoms with Gasteiger partial charge in [-0.15, -0.1) is 0 Å². The molecule has 0 spiro atoms. The molecular formula is C14H18N4O. The van der Waals surface area contributed by atoms with E-state index in [0.29, 0.717) is 6.04 Å². The molecule has 19 heavy (non-hydrogen) atoms. The first-order chi connectivity index (χ1) is 9.29. The molecule has 100 valence electrons. The third-order valence-electron chi connectivity index (χ3n) is 3.38. The highest BCUT2D eigenvalue weighted by Gasteiger charge is 2.14. The Balaban J connectivity index is 1.88. The van der Waals surface area contributed by atoms with E-state index in [4.69, 9.17) is 5.26 Å². The van der Waals surface area contributed by atoms with Crippen LogP contribution in [0.25, 0.3) is 0 Å². The Morgan fingerprint density at radius 3 is 3.05 bits per heavy atom. The van der Waals surface area contributed by atoms with Crippen molar-refractivity contribution in [2.24, 2.45) is 5.10 Å². The molecular weight excluding hydrogens is 240 g/mol. The Hall–Kier alpha value is -2.09. The summed E-state index contributed by atoms with van der Waals surface area (Å²) in [5, 5.41) is 12.2. The van der Waals surface area contributed by atoms with Gasteiger partial charge in [-0.1, -0.05) is 19.3 Å². The molecule has 1 fully saturated rings. The zero-order valence-corrected chi connectivity index (χ0v) is 10.9. The Bertz CT molecular complexity index is 492. The molecule has 1 aromatic rings. The zero-order valence-electron chi connectivity index (χ0n) is 10.9. The fourth-order valence-corrected chi connectivity index (χ4v) is 2.40. The van der Waals surface area contributed by atoms with Crippen molar-refractivity contribution >= 4 is 12.1 Å². The third-order valence-corrected chi connectivity index (χ3v) is 3.38. The number of carbonyl (C=O) groups excluding carboxylic acids is 1. The molecule has 0 radical (unpaired) electrons. The van der Waals surface area contributed by atoms with Crippen LogP contribution in [-0.2, 0) is 4.79 Å². The summed E-state index contributed by atoms with van der Waals surface area (Å²) in [6.07, 6.45) is 12.0. The molecule has 1 saturated carbocycles. The number of hydrogen-bond acceptors (Lipinski definition) is 3. The normalized spacial score (nSPS) is 16.4. The Morgan fingerprint density at radius 1 is 1.53 bits per heavy atom. The van der Waals surface area contributed by atoms with Crippen LogP contribution in [0.1, 0.15) is 50.1 Å². The monoisotopic (exact) mass is 258 g/mol. The maximum Gasteiger partial charge on any atom is 0.254 e. The van der Waals surface area contributed by atoms with E-state index in [1.165, 1.54) is 32.1 Å². The first-order valence-corrected chi connectivity index (χ1v) is 6.66. The molecule has 0 unspecified atom stereocenters. The van der Waals surface area contributed by atoms with E-state index in [-0.39, 0.29) is 12.3 Å². The second kappa shape index (κ2) is 6.74. The van der Waals surface area contributed by atoms with Crippen molar-refractivity contribution < 1.29 is 4.79 Å². The summed E-state index contributed by atoms with van der Waals surface area (Å²) in [5.41, 5.74) is 3.28. The van der Waals surface area contributed by atoms with Gasteiger partial charge in [0.2, 0.25) is 0 Å². The van der Waals surface area contributed by atoms with E-state index < -0.39 is 0 Å². The number of rotatable bonds is 4. The van der Waals surface area contributed by atoms with Crippen LogP contribution in [0.2, 0.25) is 0 Å². The second-order valence-corrected chi connectivity index (χ2v) is 4.81. The predicted octanol–water partition coefficient (Wildman–Crippen LogP) is 2.36. The third kappa shape index (κ3) is 3.95. The smallest absolute Gasteiger partial charge is 0.254 e. The topological polar surface area (TPSA) is 70.2 Å². The van der Waals surface area contributed by atoms with E-state index >= 15 is 0 Å². The van der Waals surface area contributed by atoms with Crippen LogP contribution in [-0.4, -0.2) is 16.7 Å². The van der Waals surface area contributed by atoms with E-state index in [9.17, 15) is 4.79 Å². The summed E-state index contributed by atoms with van der Waals surface area (Å²) >= 11 is 0. The van der Waals surface area contributed by atoms with Crippen LogP contribution in [0.4, 0.5) is 0 Å². The standard InChI is InChI=1S/C14H18N4O/c15-8-6-14(19)17-16-10-12-7-9-18(11-12)13-4-2-1-3-5-13/h7,9-11,13H,1-6H2,(H,17,19)/b16-10-. The van der Waals surface area contributed by atoms with Gasteiger partial charge in [0.15, 0.2) is 0 Å². The summed E-state index contributed by atoms with van der Waals surface area (Å²) in [6, 6.07) is 4.35. The van der Waals surface area contributed by atoms with Crippen LogP contribution >= 0.6 is 0 Å². The molecule has 0 aliphatic heterocycles. The summed E-state index contributed by atoms with van der Waals surface area (Å²) in [5.74, 6) is -0.384. The fraction of sp³-hybridized carbons (Fsp3) is 0.500. The number of nitriles is 1. The lowest BCUT2D eigenvalue weighted by molar-refractivity contribution is -0.120. The molecule has 0 saturated heterocycles. The highest BCUT2D eigenvalue weighted by atomic mass is 16.2. The minimum Gasteiger partial charge on any atom is -0.351 e. The van der Waals surface area contributed by atoms with Crippen molar-refractivity contribution in [1.82, 2.24) is 9.99 Å². The summed E-state index contributed by atoms with van der Waals surface area (Å²) in [6.45, 7) is 0. The van der Waals surface area contributed by atoms with Crippen LogP contribution in [0.15, 0.2) is 23.6 Å². The van der Waals surface area contributed by atoms with Crippen molar-refractivity contribution in [1.29, 1.82) is 5.26 Å². The van der Waals surface area contributed by atoms with Crippen molar-refractivity contribution in [2.75, 3.05) is 0 Å². The second-order valence-electron chi connectivity index (χ2n) is 4.81. The number of carbonyl (C=O) groups is 1. The van der Waals surface area contributed by atoms with Crippen LogP contribution in [0, 0.1) is 11.3 Å². The van der Waals surface area contributed by atoms with E-state index in [1.807, 2.05) is 6.07 Å². The molecule has 1 heterocycles. The lowest BCUT2D eigenvalue weighted by atomic mass is 9.95. The number of hydrazone groups is 1. The largest absolute Gasteiger partial charge is 0.351 e. The first kappa shape index (κ1) is 13.3. The Labute approximate surface area is 112 Å². The zero-order chi connectivity index (χ0) is 13.5. The SMILES string of the molecule is N#CCC(=O)N/N=C\c1ccn(C2CCCCC2)c1. The Kier molecular flexibility index (Phi) is 4.73. The van der Waals surface area contributed by atoms with E-state index in [2.05, 4.69) is 27.5 Å². The number of hydrogen-bond donors (Lipinski definition) is 1. The van der Waals surface area contributed by atoms with Crippen molar-refractivity contribution in [3.63, 3.8) is 0 Å². The van der Waals surface area contributed by atoms with Gasteiger partial charge in [-0.05, 0) is 18.9 Å². The maximum atomic E-state index is 11.0. The summed E-state index contributed by atoms with van der Waals surface area (Å²) in [7, 11) is 0. The highest BCUT2D eigenvalue weighted by Crippen LogP contribution is 2.28. The lowest BCUT2D eigenvalue weighted by Crippen LogP contribution is -2.16. The van der Waals surface area contributed by atoms with Gasteiger partial charge in [0.05, 0.1) is 12.3 Å². The lowest BCUT2D eigenvalue weighted by Gasteiger charge is -2.23. The number of aromatic nitrogens is 1.